The maximum atomic E-state index is 13.4. The first-order valence-corrected chi connectivity index (χ1v) is 9.11. The minimum absolute atomic E-state index is 0.279. The summed E-state index contributed by atoms with van der Waals surface area (Å²) in [6.07, 6.45) is 0. The summed E-state index contributed by atoms with van der Waals surface area (Å²) in [6.45, 7) is 3.98. The highest BCUT2D eigenvalue weighted by Crippen LogP contribution is 2.45. The second kappa shape index (κ2) is 6.97. The molecule has 0 aliphatic carbocycles. The average molecular weight is 373 g/mol. The molecule has 1 heterocycles. The zero-order valence-electron chi connectivity index (χ0n) is 15.7. The number of benzene rings is 3. The van der Waals surface area contributed by atoms with Gasteiger partial charge in [-0.2, -0.15) is 0 Å². The van der Waals surface area contributed by atoms with Crippen molar-refractivity contribution in [3.8, 4) is 0 Å². The number of carbonyl (C=O) groups is 1. The monoisotopic (exact) mass is 373 g/mol. The Labute approximate surface area is 163 Å². The van der Waals surface area contributed by atoms with Crippen molar-refractivity contribution >= 4 is 17.2 Å². The maximum Gasteiger partial charge on any atom is 0.294 e. The van der Waals surface area contributed by atoms with Crippen LogP contribution in [-0.4, -0.2) is 11.0 Å². The number of aliphatic hydroxyl groups excluding tert-OH is 1. The Morgan fingerprint density at radius 3 is 1.93 bits per heavy atom. The number of aryl methyl sites for hydroxylation is 2. The fourth-order valence-corrected chi connectivity index (χ4v) is 3.57. The first-order valence-electron chi connectivity index (χ1n) is 9.11. The topological polar surface area (TPSA) is 40.5 Å². The van der Waals surface area contributed by atoms with Crippen LogP contribution in [0.5, 0.6) is 0 Å². The third-order valence-corrected chi connectivity index (χ3v) is 5.07. The van der Waals surface area contributed by atoms with Crippen LogP contribution in [0.2, 0.25) is 0 Å². The number of hydrogen-bond acceptors (Lipinski definition) is 2. The van der Waals surface area contributed by atoms with Crippen LogP contribution >= 0.6 is 0 Å². The zero-order valence-corrected chi connectivity index (χ0v) is 15.7. The van der Waals surface area contributed by atoms with E-state index in [0.29, 0.717) is 11.3 Å². The number of hydrogen-bond donors (Lipinski definition) is 1. The number of amides is 1. The Kier molecular flexibility index (Phi) is 4.47. The molecular weight excluding hydrogens is 353 g/mol. The lowest BCUT2D eigenvalue weighted by Crippen LogP contribution is -2.30. The molecule has 140 valence electrons. The summed E-state index contributed by atoms with van der Waals surface area (Å²) in [4.78, 5) is 14.5. The van der Waals surface area contributed by atoms with Crippen molar-refractivity contribution < 1.29 is 14.3 Å². The van der Waals surface area contributed by atoms with Gasteiger partial charge in [0.15, 0.2) is 5.76 Å². The van der Waals surface area contributed by atoms with Crippen LogP contribution in [0.4, 0.5) is 10.1 Å². The van der Waals surface area contributed by atoms with Gasteiger partial charge in [0, 0.05) is 11.3 Å². The maximum absolute atomic E-state index is 13.4. The third kappa shape index (κ3) is 3.07. The molecule has 0 fully saturated rings. The van der Waals surface area contributed by atoms with Crippen molar-refractivity contribution in [2.24, 2.45) is 0 Å². The highest BCUT2D eigenvalue weighted by molar-refractivity contribution is 6.15. The van der Waals surface area contributed by atoms with Crippen LogP contribution in [0.25, 0.3) is 5.57 Å². The fraction of sp³-hybridized carbons (Fsp3) is 0.125. The fourth-order valence-electron chi connectivity index (χ4n) is 3.57. The third-order valence-electron chi connectivity index (χ3n) is 5.07. The van der Waals surface area contributed by atoms with E-state index in [9.17, 15) is 14.3 Å². The normalized spacial score (nSPS) is 16.8. The largest absolute Gasteiger partial charge is 0.503 e. The van der Waals surface area contributed by atoms with Crippen LogP contribution in [-0.2, 0) is 4.79 Å². The molecule has 1 aliphatic rings. The Balaban J connectivity index is 1.90. The van der Waals surface area contributed by atoms with Gasteiger partial charge in [-0.3, -0.25) is 9.69 Å². The molecule has 1 aliphatic heterocycles. The highest BCUT2D eigenvalue weighted by Gasteiger charge is 2.41. The van der Waals surface area contributed by atoms with Crippen molar-refractivity contribution in [3.63, 3.8) is 0 Å². The first kappa shape index (κ1) is 18.0. The van der Waals surface area contributed by atoms with E-state index in [4.69, 9.17) is 0 Å². The molecule has 28 heavy (non-hydrogen) atoms. The summed E-state index contributed by atoms with van der Waals surface area (Å²) in [7, 11) is 0. The van der Waals surface area contributed by atoms with Gasteiger partial charge in [-0.1, -0.05) is 59.7 Å². The lowest BCUT2D eigenvalue weighted by Gasteiger charge is -2.27. The molecule has 0 saturated carbocycles. The van der Waals surface area contributed by atoms with Crippen LogP contribution in [0.15, 0.2) is 78.6 Å². The van der Waals surface area contributed by atoms with Crippen molar-refractivity contribution in [1.82, 2.24) is 0 Å². The number of carbonyl (C=O) groups excluding carboxylic acids is 1. The first-order chi connectivity index (χ1) is 13.5. The van der Waals surface area contributed by atoms with Gasteiger partial charge in [0.1, 0.15) is 5.82 Å². The van der Waals surface area contributed by atoms with E-state index >= 15 is 0 Å². The minimum atomic E-state index is -0.499. The predicted molar refractivity (Wildman–Crippen MR) is 109 cm³/mol. The second-order valence-electron chi connectivity index (χ2n) is 7.09. The molecule has 0 bridgehead atoms. The van der Waals surface area contributed by atoms with Gasteiger partial charge >= 0.3 is 0 Å². The van der Waals surface area contributed by atoms with E-state index in [1.165, 1.54) is 17.0 Å². The van der Waals surface area contributed by atoms with Gasteiger partial charge in [0.05, 0.1) is 6.04 Å². The summed E-state index contributed by atoms with van der Waals surface area (Å²) in [5, 5.41) is 10.8. The second-order valence-corrected chi connectivity index (χ2v) is 7.09. The lowest BCUT2D eigenvalue weighted by molar-refractivity contribution is -0.117. The van der Waals surface area contributed by atoms with Crippen molar-refractivity contribution in [3.05, 3.63) is 107 Å². The SMILES string of the molecule is Cc1ccc(C2=C(O)C(=O)N(c3ccc(F)cc3)C2c2ccc(C)cc2)cc1. The molecule has 1 amide bonds. The van der Waals surface area contributed by atoms with Crippen molar-refractivity contribution in [2.45, 2.75) is 19.9 Å². The van der Waals surface area contributed by atoms with Crippen LogP contribution < -0.4 is 4.90 Å². The molecule has 0 aromatic heterocycles. The predicted octanol–water partition coefficient (Wildman–Crippen LogP) is 5.50. The molecule has 4 heteroatoms. The number of aliphatic hydroxyl groups is 1. The Hall–Kier alpha value is -3.40. The molecular formula is C24H20FNO2. The Morgan fingerprint density at radius 1 is 0.821 bits per heavy atom. The number of rotatable bonds is 3. The Bertz CT molecular complexity index is 1050. The summed E-state index contributed by atoms with van der Waals surface area (Å²) >= 11 is 0. The molecule has 3 aromatic rings. The van der Waals surface area contributed by atoms with Gasteiger partial charge in [-0.05, 0) is 49.2 Å². The lowest BCUT2D eigenvalue weighted by atomic mass is 9.92. The Morgan fingerprint density at radius 2 is 1.36 bits per heavy atom. The van der Waals surface area contributed by atoms with Crippen LogP contribution in [0, 0.1) is 19.7 Å². The highest BCUT2D eigenvalue weighted by atomic mass is 19.1. The molecule has 4 rings (SSSR count). The summed E-state index contributed by atoms with van der Waals surface area (Å²) in [6, 6.07) is 20.8. The van der Waals surface area contributed by atoms with Crippen molar-refractivity contribution in [2.75, 3.05) is 4.90 Å². The molecule has 1 N–H and O–H groups in total. The molecule has 3 aromatic carbocycles. The smallest absolute Gasteiger partial charge is 0.294 e. The van der Waals surface area contributed by atoms with Gasteiger partial charge in [-0.15, -0.1) is 0 Å². The standard InChI is InChI=1S/C24H20FNO2/c1-15-3-7-17(8-4-15)21-22(18-9-5-16(2)6-10-18)26(24(28)23(21)27)20-13-11-19(25)12-14-20/h3-14,22,27H,1-2H3. The van der Waals surface area contributed by atoms with E-state index in [-0.39, 0.29) is 11.6 Å². The van der Waals surface area contributed by atoms with E-state index < -0.39 is 11.9 Å². The minimum Gasteiger partial charge on any atom is -0.503 e. The van der Waals surface area contributed by atoms with Gasteiger partial charge in [0.25, 0.3) is 5.91 Å². The molecule has 0 radical (unpaired) electrons. The van der Waals surface area contributed by atoms with Crippen LogP contribution in [0.1, 0.15) is 28.3 Å². The quantitative estimate of drug-likeness (QED) is 0.659. The van der Waals surface area contributed by atoms with Crippen LogP contribution in [0.3, 0.4) is 0 Å². The number of halogens is 1. The zero-order chi connectivity index (χ0) is 19.8. The molecule has 3 nitrogen and oxygen atoms in total. The van der Waals surface area contributed by atoms with E-state index in [0.717, 1.165) is 22.3 Å². The van der Waals surface area contributed by atoms with Gasteiger partial charge in [0.2, 0.25) is 0 Å². The van der Waals surface area contributed by atoms with E-state index in [1.54, 1.807) is 12.1 Å². The molecule has 0 saturated heterocycles. The van der Waals surface area contributed by atoms with Crippen molar-refractivity contribution in [1.29, 1.82) is 0 Å². The number of anilines is 1. The molecule has 1 atom stereocenters. The summed E-state index contributed by atoms with van der Waals surface area (Å²) in [5.74, 6) is -1.15. The molecule has 0 spiro atoms. The summed E-state index contributed by atoms with van der Waals surface area (Å²) < 4.78 is 13.4. The van der Waals surface area contributed by atoms with E-state index in [2.05, 4.69) is 0 Å². The average Bonchev–Trinajstić information content (AvgIpc) is 2.95. The summed E-state index contributed by atoms with van der Waals surface area (Å²) in [5.41, 5.74) is 4.94. The van der Waals surface area contributed by atoms with E-state index in [1.807, 2.05) is 62.4 Å². The molecule has 1 unspecified atom stereocenters. The van der Waals surface area contributed by atoms with Gasteiger partial charge < -0.3 is 5.11 Å². The number of nitrogens with zero attached hydrogens (tertiary/aromatic N) is 1. The van der Waals surface area contributed by atoms with Gasteiger partial charge in [-0.25, -0.2) is 4.39 Å².